The van der Waals surface area contributed by atoms with Gasteiger partial charge in [0.15, 0.2) is 0 Å². The Morgan fingerprint density at radius 3 is 2.47 bits per heavy atom. The molecule has 2 saturated heterocycles. The average molecular weight is 508 g/mol. The van der Waals surface area contributed by atoms with Gasteiger partial charge in [0.1, 0.15) is 12.1 Å². The van der Waals surface area contributed by atoms with Gasteiger partial charge < -0.3 is 4.74 Å². The fraction of sp³-hybridized carbons (Fsp3) is 0.407. The first-order valence-corrected chi connectivity index (χ1v) is 13.6. The van der Waals surface area contributed by atoms with Crippen molar-refractivity contribution in [2.24, 2.45) is 11.8 Å². The summed E-state index contributed by atoms with van der Waals surface area (Å²) < 4.78 is 5.12. The molecule has 3 amide bonds. The number of carbonyl (C=O) groups excluding carboxylic acids is 4. The smallest absolute Gasteiger partial charge is 0.326 e. The molecule has 0 bridgehead atoms. The van der Waals surface area contributed by atoms with Crippen molar-refractivity contribution in [2.45, 2.75) is 31.5 Å². The summed E-state index contributed by atoms with van der Waals surface area (Å²) in [7, 11) is 0. The number of fused-ring (bicyclic) bond motifs is 4. The van der Waals surface area contributed by atoms with Crippen LogP contribution in [0, 0.1) is 11.8 Å². The number of hydrogen-bond donors (Lipinski definition) is 1. The predicted octanol–water partition coefficient (Wildman–Crippen LogP) is 2.32. The van der Waals surface area contributed by atoms with Crippen LogP contribution in [0.15, 0.2) is 54.6 Å². The predicted molar refractivity (Wildman–Crippen MR) is 136 cm³/mol. The number of thioether (sulfide) groups is 1. The third-order valence-electron chi connectivity index (χ3n) is 7.37. The summed E-state index contributed by atoms with van der Waals surface area (Å²) in [5.41, 5.74) is 0.635. The van der Waals surface area contributed by atoms with Crippen LogP contribution in [0.1, 0.15) is 24.5 Å². The van der Waals surface area contributed by atoms with E-state index < -0.39 is 23.3 Å². The topological polar surface area (TPSA) is 96.0 Å². The lowest BCUT2D eigenvalue weighted by Crippen LogP contribution is -2.55. The molecule has 1 spiro atoms. The molecule has 8 nitrogen and oxygen atoms in total. The van der Waals surface area contributed by atoms with Gasteiger partial charge in [-0.25, -0.2) is 0 Å². The highest BCUT2D eigenvalue weighted by atomic mass is 32.2. The monoisotopic (exact) mass is 507 g/mol. The molecule has 2 aromatic carbocycles. The number of carbonyl (C=O) groups is 4. The van der Waals surface area contributed by atoms with Crippen LogP contribution in [-0.2, 0) is 36.0 Å². The molecule has 1 N–H and O–H groups in total. The molecule has 0 aromatic heterocycles. The Balaban J connectivity index is 1.58. The summed E-state index contributed by atoms with van der Waals surface area (Å²) in [4.78, 5) is 57.0. The number of nitrogens with zero attached hydrogens (tertiary/aromatic N) is 2. The van der Waals surface area contributed by atoms with Crippen LogP contribution in [-0.4, -0.2) is 59.8 Å². The summed E-state index contributed by atoms with van der Waals surface area (Å²) in [5, 5.41) is 3.46. The van der Waals surface area contributed by atoms with Crippen LogP contribution in [0.4, 0.5) is 5.69 Å². The summed E-state index contributed by atoms with van der Waals surface area (Å²) >= 11 is 1.65. The zero-order valence-electron chi connectivity index (χ0n) is 20.3. The van der Waals surface area contributed by atoms with Crippen LogP contribution in [0.5, 0.6) is 0 Å². The van der Waals surface area contributed by atoms with Crippen LogP contribution in [0.25, 0.3) is 0 Å². The van der Waals surface area contributed by atoms with Gasteiger partial charge in [-0.05, 0) is 37.0 Å². The quantitative estimate of drug-likeness (QED) is 0.433. The van der Waals surface area contributed by atoms with E-state index in [2.05, 4.69) is 5.32 Å². The molecule has 4 atom stereocenters. The lowest BCUT2D eigenvalue weighted by molar-refractivity contribution is -0.144. The molecule has 3 aliphatic rings. The van der Waals surface area contributed by atoms with E-state index in [1.54, 1.807) is 30.8 Å². The van der Waals surface area contributed by atoms with E-state index in [1.807, 2.05) is 48.7 Å². The van der Waals surface area contributed by atoms with Crippen molar-refractivity contribution in [3.8, 4) is 0 Å². The van der Waals surface area contributed by atoms with E-state index in [0.29, 0.717) is 17.7 Å². The molecule has 0 aliphatic carbocycles. The van der Waals surface area contributed by atoms with E-state index in [1.165, 1.54) is 9.80 Å². The third kappa shape index (κ3) is 3.72. The minimum Gasteiger partial charge on any atom is -0.465 e. The fourth-order valence-corrected chi connectivity index (χ4v) is 6.40. The number of ether oxygens (including phenoxy) is 1. The SMILES string of the molecule is CCOC(=O)CN1C(=O)[C@]2(N[C@H](CCSC)[C@H]3C(=O)N(Cc4ccccc4)C(=O)[C@@H]32)c2ccccc21. The van der Waals surface area contributed by atoms with Gasteiger partial charge in [-0.15, -0.1) is 0 Å². The molecule has 0 saturated carbocycles. The van der Waals surface area contributed by atoms with E-state index in [4.69, 9.17) is 4.74 Å². The number of hydrogen-bond acceptors (Lipinski definition) is 7. The summed E-state index contributed by atoms with van der Waals surface area (Å²) in [5.74, 6) is -2.28. The Morgan fingerprint density at radius 1 is 1.03 bits per heavy atom. The standard InChI is InChI=1S/C27H29N3O5S/c1-3-35-21(31)16-29-20-12-8-7-11-18(20)27(26(29)34)23-22(19(28-27)13-14-36-2)24(32)30(25(23)33)15-17-9-5-4-6-10-17/h4-12,19,22-23,28H,3,13-16H2,1-2H3/t19-,22-,23-,27+/m1/s1. The maximum Gasteiger partial charge on any atom is 0.326 e. The summed E-state index contributed by atoms with van der Waals surface area (Å²) in [6, 6.07) is 16.2. The fourth-order valence-electron chi connectivity index (χ4n) is 5.91. The molecule has 36 heavy (non-hydrogen) atoms. The molecule has 2 fully saturated rings. The van der Waals surface area contributed by atoms with Crippen molar-refractivity contribution in [1.82, 2.24) is 10.2 Å². The number of rotatable bonds is 8. The number of anilines is 1. The van der Waals surface area contributed by atoms with Crippen LogP contribution < -0.4 is 10.2 Å². The maximum atomic E-state index is 14.2. The van der Waals surface area contributed by atoms with Gasteiger partial charge in [-0.2, -0.15) is 11.8 Å². The Morgan fingerprint density at radius 2 is 1.75 bits per heavy atom. The van der Waals surface area contributed by atoms with Crippen LogP contribution >= 0.6 is 11.8 Å². The molecular weight excluding hydrogens is 478 g/mol. The summed E-state index contributed by atoms with van der Waals surface area (Å²) in [6.07, 6.45) is 2.62. The Kier molecular flexibility index (Phi) is 6.61. The van der Waals surface area contributed by atoms with Crippen molar-refractivity contribution in [3.63, 3.8) is 0 Å². The maximum absolute atomic E-state index is 14.2. The largest absolute Gasteiger partial charge is 0.465 e. The zero-order chi connectivity index (χ0) is 25.4. The second-order valence-electron chi connectivity index (χ2n) is 9.31. The van der Waals surface area contributed by atoms with Gasteiger partial charge in [0.05, 0.1) is 25.0 Å². The average Bonchev–Trinajstić information content (AvgIpc) is 3.44. The van der Waals surface area contributed by atoms with Gasteiger partial charge >= 0.3 is 5.97 Å². The number of para-hydroxylation sites is 1. The first-order chi connectivity index (χ1) is 17.4. The molecular formula is C27H29N3O5S. The molecule has 5 rings (SSSR count). The van der Waals surface area contributed by atoms with E-state index in [-0.39, 0.29) is 43.5 Å². The molecule has 2 aromatic rings. The lowest BCUT2D eigenvalue weighted by atomic mass is 9.76. The number of nitrogens with one attached hydrogen (secondary N) is 1. The number of benzene rings is 2. The highest BCUT2D eigenvalue weighted by molar-refractivity contribution is 7.98. The van der Waals surface area contributed by atoms with Gasteiger partial charge in [0.2, 0.25) is 11.8 Å². The van der Waals surface area contributed by atoms with Crippen molar-refractivity contribution >= 4 is 41.1 Å². The highest BCUT2D eigenvalue weighted by Crippen LogP contribution is 2.55. The van der Waals surface area contributed by atoms with Crippen LogP contribution in [0.2, 0.25) is 0 Å². The van der Waals surface area contributed by atoms with Gasteiger partial charge in [-0.3, -0.25) is 34.3 Å². The second kappa shape index (κ2) is 9.71. The molecule has 188 valence electrons. The number of amides is 3. The lowest BCUT2D eigenvalue weighted by Gasteiger charge is -2.30. The first-order valence-electron chi connectivity index (χ1n) is 12.2. The number of imide groups is 1. The summed E-state index contributed by atoms with van der Waals surface area (Å²) in [6.45, 7) is 1.83. The van der Waals surface area contributed by atoms with Crippen molar-refractivity contribution < 1.29 is 23.9 Å². The normalized spacial score (nSPS) is 26.6. The van der Waals surface area contributed by atoms with Gasteiger partial charge in [-0.1, -0.05) is 48.5 Å². The number of esters is 1. The Hall–Kier alpha value is -3.17. The van der Waals surface area contributed by atoms with E-state index in [0.717, 1.165) is 11.3 Å². The Labute approximate surface area is 214 Å². The molecule has 0 unspecified atom stereocenters. The van der Waals surface area contributed by atoms with Crippen LogP contribution in [0.3, 0.4) is 0 Å². The van der Waals surface area contributed by atoms with Crippen molar-refractivity contribution in [3.05, 3.63) is 65.7 Å². The molecule has 3 heterocycles. The van der Waals surface area contributed by atoms with E-state index >= 15 is 0 Å². The van der Waals surface area contributed by atoms with Crippen molar-refractivity contribution in [1.29, 1.82) is 0 Å². The third-order valence-corrected chi connectivity index (χ3v) is 8.01. The number of likely N-dealkylation sites (tertiary alicyclic amines) is 1. The first kappa shape index (κ1) is 24.5. The van der Waals surface area contributed by atoms with E-state index in [9.17, 15) is 19.2 Å². The Bertz CT molecular complexity index is 1200. The second-order valence-corrected chi connectivity index (χ2v) is 10.3. The zero-order valence-corrected chi connectivity index (χ0v) is 21.1. The molecule has 3 aliphatic heterocycles. The van der Waals surface area contributed by atoms with Gasteiger partial charge in [0.25, 0.3) is 5.91 Å². The molecule has 0 radical (unpaired) electrons. The minimum absolute atomic E-state index is 0.166. The molecule has 9 heteroatoms. The minimum atomic E-state index is -1.41. The van der Waals surface area contributed by atoms with Gasteiger partial charge in [0, 0.05) is 17.3 Å². The van der Waals surface area contributed by atoms with Crippen molar-refractivity contribution in [2.75, 3.05) is 30.1 Å². The highest BCUT2D eigenvalue weighted by Gasteiger charge is 2.71.